The van der Waals surface area contributed by atoms with E-state index in [9.17, 15) is 9.59 Å². The van der Waals surface area contributed by atoms with Gasteiger partial charge in [0.05, 0.1) is 11.3 Å². The molecule has 0 unspecified atom stereocenters. The van der Waals surface area contributed by atoms with Crippen LogP contribution < -0.4 is 0 Å². The summed E-state index contributed by atoms with van der Waals surface area (Å²) in [5.74, 6) is 0.0139. The van der Waals surface area contributed by atoms with Gasteiger partial charge in [0, 0.05) is 25.9 Å². The summed E-state index contributed by atoms with van der Waals surface area (Å²) in [6.45, 7) is 12.2. The first kappa shape index (κ1) is 21.5. The zero-order chi connectivity index (χ0) is 21.2. The largest absolute Gasteiger partial charge is 0.371 e. The highest BCUT2D eigenvalue weighted by atomic mass is 16.2. The van der Waals surface area contributed by atoms with Crippen LogP contribution in [0.4, 0.5) is 0 Å². The molecule has 1 aromatic rings. The van der Waals surface area contributed by atoms with E-state index >= 15 is 0 Å². The number of hydrogen-bond donors (Lipinski definition) is 0. The molecule has 1 aliphatic carbocycles. The van der Waals surface area contributed by atoms with E-state index in [0.29, 0.717) is 18.4 Å². The molecule has 2 aliphatic rings. The monoisotopic (exact) mass is 393 g/mol. The molecule has 0 bridgehead atoms. The molecule has 0 N–H and O–H groups in total. The van der Waals surface area contributed by atoms with Crippen molar-refractivity contribution in [1.82, 2.24) is 4.90 Å². The van der Waals surface area contributed by atoms with E-state index < -0.39 is 0 Å². The van der Waals surface area contributed by atoms with Gasteiger partial charge in [0.1, 0.15) is 0 Å². The van der Waals surface area contributed by atoms with Gasteiger partial charge in [-0.05, 0) is 61.8 Å². The number of nitrogens with zero attached hydrogens (tertiary/aromatic N) is 1. The highest BCUT2D eigenvalue weighted by molar-refractivity contribution is 6.23. The highest BCUT2D eigenvalue weighted by Crippen LogP contribution is 2.36. The fraction of sp³-hybridized carbons (Fsp3) is 0.538. The molecule has 156 valence electrons. The standard InChI is InChI=1S/C26H35NO2/c1-18-14-19(2)21(20(3)15-18)10-11-22(27-12-8-6-7-9-13-27)25-23(28)16-26(4,5)17-24(25)29/h10-11,14-15H,6-9,12-13,16-17H2,1-5H3/b11-10+. The maximum atomic E-state index is 13.0. The molecule has 1 aliphatic heterocycles. The van der Waals surface area contributed by atoms with Crippen LogP contribution in [0.5, 0.6) is 0 Å². The summed E-state index contributed by atoms with van der Waals surface area (Å²) in [5.41, 5.74) is 5.92. The van der Waals surface area contributed by atoms with Crippen LogP contribution in [0.3, 0.4) is 0 Å². The van der Waals surface area contributed by atoms with Crippen LogP contribution in [-0.2, 0) is 9.59 Å². The first-order valence-electron chi connectivity index (χ1n) is 11.0. The number of Topliss-reactive ketones (excluding diaryl/α,β-unsaturated/α-hetero) is 2. The first-order chi connectivity index (χ1) is 13.7. The Hall–Kier alpha value is -2.16. The van der Waals surface area contributed by atoms with E-state index in [1.165, 1.54) is 35.1 Å². The van der Waals surface area contributed by atoms with Crippen molar-refractivity contribution in [2.75, 3.05) is 13.1 Å². The van der Waals surface area contributed by atoms with E-state index in [4.69, 9.17) is 0 Å². The van der Waals surface area contributed by atoms with Gasteiger partial charge in [-0.3, -0.25) is 9.59 Å². The van der Waals surface area contributed by atoms with Crippen molar-refractivity contribution < 1.29 is 9.59 Å². The molecular weight excluding hydrogens is 358 g/mol. The summed E-state index contributed by atoms with van der Waals surface area (Å²) < 4.78 is 0. The van der Waals surface area contributed by atoms with Gasteiger partial charge in [0.25, 0.3) is 0 Å². The lowest BCUT2D eigenvalue weighted by molar-refractivity contribution is -0.127. The van der Waals surface area contributed by atoms with Crippen molar-refractivity contribution in [2.45, 2.75) is 73.1 Å². The number of ketones is 2. The van der Waals surface area contributed by atoms with Crippen LogP contribution in [0.2, 0.25) is 0 Å². The quantitative estimate of drug-likeness (QED) is 0.487. The van der Waals surface area contributed by atoms with Gasteiger partial charge in [-0.2, -0.15) is 0 Å². The smallest absolute Gasteiger partial charge is 0.169 e. The fourth-order valence-electron chi connectivity index (χ4n) is 4.82. The van der Waals surface area contributed by atoms with Gasteiger partial charge in [-0.1, -0.05) is 50.5 Å². The molecule has 1 saturated carbocycles. The molecule has 0 spiro atoms. The molecular formula is C26H35NO2. The minimum atomic E-state index is -0.241. The van der Waals surface area contributed by atoms with Crippen LogP contribution in [0.15, 0.2) is 29.5 Å². The molecule has 3 heteroatoms. The molecule has 0 radical (unpaired) electrons. The maximum absolute atomic E-state index is 13.0. The van der Waals surface area contributed by atoms with E-state index in [1.807, 2.05) is 19.9 Å². The van der Waals surface area contributed by atoms with Gasteiger partial charge in [-0.25, -0.2) is 0 Å². The molecule has 29 heavy (non-hydrogen) atoms. The molecule has 1 heterocycles. The van der Waals surface area contributed by atoms with Crippen molar-refractivity contribution in [3.8, 4) is 0 Å². The molecule has 2 fully saturated rings. The number of hydrogen-bond acceptors (Lipinski definition) is 3. The van der Waals surface area contributed by atoms with Crippen molar-refractivity contribution in [3.63, 3.8) is 0 Å². The van der Waals surface area contributed by atoms with Crippen LogP contribution in [-0.4, -0.2) is 29.6 Å². The Kier molecular flexibility index (Phi) is 6.45. The average Bonchev–Trinajstić information content (AvgIpc) is 2.86. The van der Waals surface area contributed by atoms with Crippen LogP contribution in [0, 0.1) is 26.2 Å². The van der Waals surface area contributed by atoms with E-state index in [-0.39, 0.29) is 17.0 Å². The summed E-state index contributed by atoms with van der Waals surface area (Å²) in [4.78, 5) is 28.4. The minimum Gasteiger partial charge on any atom is -0.371 e. The second kappa shape index (κ2) is 8.69. The molecule has 0 atom stereocenters. The number of likely N-dealkylation sites (tertiary alicyclic amines) is 1. The lowest BCUT2D eigenvalue weighted by atomic mass is 9.73. The number of benzene rings is 1. The Morgan fingerprint density at radius 3 is 1.93 bits per heavy atom. The fourth-order valence-corrected chi connectivity index (χ4v) is 4.82. The minimum absolute atomic E-state index is 0.00694. The third kappa shape index (κ3) is 5.07. The Bertz CT molecular complexity index is 820. The van der Waals surface area contributed by atoms with Crippen molar-refractivity contribution >= 4 is 17.6 Å². The third-order valence-electron chi connectivity index (χ3n) is 6.18. The highest BCUT2D eigenvalue weighted by Gasteiger charge is 2.38. The molecule has 1 saturated heterocycles. The number of carbonyl (C=O) groups excluding carboxylic acids is 2. The Labute approximate surface area is 175 Å². The lowest BCUT2D eigenvalue weighted by Gasteiger charge is -2.32. The summed E-state index contributed by atoms with van der Waals surface area (Å²) in [7, 11) is 0. The third-order valence-corrected chi connectivity index (χ3v) is 6.18. The van der Waals surface area contributed by atoms with Gasteiger partial charge in [0.15, 0.2) is 11.6 Å². The SMILES string of the molecule is Cc1cc(C)c(/C=C/C(=C2C(=O)CC(C)(C)CC2=O)N2CCCCCC2)c(C)c1. The summed E-state index contributed by atoms with van der Waals surface area (Å²) in [5, 5.41) is 0. The predicted molar refractivity (Wildman–Crippen MR) is 120 cm³/mol. The van der Waals surface area contributed by atoms with Crippen molar-refractivity contribution in [2.24, 2.45) is 5.41 Å². The van der Waals surface area contributed by atoms with Crippen molar-refractivity contribution in [3.05, 3.63) is 51.7 Å². The second-order valence-corrected chi connectivity index (χ2v) is 9.67. The summed E-state index contributed by atoms with van der Waals surface area (Å²) in [6.07, 6.45) is 9.70. The summed E-state index contributed by atoms with van der Waals surface area (Å²) in [6, 6.07) is 4.37. The van der Waals surface area contributed by atoms with Crippen molar-refractivity contribution in [1.29, 1.82) is 0 Å². The Balaban J connectivity index is 2.07. The normalized spacial score (nSPS) is 20.3. The molecule has 3 nitrogen and oxygen atoms in total. The maximum Gasteiger partial charge on any atom is 0.169 e. The van der Waals surface area contributed by atoms with Crippen LogP contribution in [0.1, 0.15) is 74.6 Å². The molecule has 1 aromatic carbocycles. The first-order valence-corrected chi connectivity index (χ1v) is 11.0. The van der Waals surface area contributed by atoms with E-state index in [2.05, 4.69) is 43.9 Å². The summed E-state index contributed by atoms with van der Waals surface area (Å²) >= 11 is 0. The van der Waals surface area contributed by atoms with Gasteiger partial charge < -0.3 is 4.90 Å². The molecule has 0 amide bonds. The van der Waals surface area contributed by atoms with Gasteiger partial charge >= 0.3 is 0 Å². The van der Waals surface area contributed by atoms with E-state index in [0.717, 1.165) is 31.6 Å². The van der Waals surface area contributed by atoms with Gasteiger partial charge in [0.2, 0.25) is 0 Å². The topological polar surface area (TPSA) is 37.4 Å². The average molecular weight is 394 g/mol. The number of carbonyl (C=O) groups is 2. The second-order valence-electron chi connectivity index (χ2n) is 9.67. The lowest BCUT2D eigenvalue weighted by Crippen LogP contribution is -2.35. The van der Waals surface area contributed by atoms with Crippen LogP contribution in [0.25, 0.3) is 6.08 Å². The van der Waals surface area contributed by atoms with Crippen LogP contribution >= 0.6 is 0 Å². The zero-order valence-corrected chi connectivity index (χ0v) is 18.7. The Morgan fingerprint density at radius 2 is 1.41 bits per heavy atom. The number of rotatable bonds is 3. The number of allylic oxidation sites excluding steroid dienone is 2. The molecule has 0 aromatic heterocycles. The number of aryl methyl sites for hydroxylation is 3. The molecule has 3 rings (SSSR count). The predicted octanol–water partition coefficient (Wildman–Crippen LogP) is 5.71. The van der Waals surface area contributed by atoms with E-state index in [1.54, 1.807) is 0 Å². The Morgan fingerprint density at radius 1 is 0.897 bits per heavy atom. The zero-order valence-electron chi connectivity index (χ0n) is 18.7. The van der Waals surface area contributed by atoms with Gasteiger partial charge in [-0.15, -0.1) is 0 Å².